The lowest BCUT2D eigenvalue weighted by molar-refractivity contribution is -0.0351. The summed E-state index contributed by atoms with van der Waals surface area (Å²) in [4.78, 5) is 24.2. The first-order chi connectivity index (χ1) is 12.6. The third kappa shape index (κ3) is 4.20. The second-order valence-electron chi connectivity index (χ2n) is 5.67. The van der Waals surface area contributed by atoms with Crippen LogP contribution >= 0.6 is 11.6 Å². The number of carbonyl (C=O) groups excluding carboxylic acids is 2. The Labute approximate surface area is 154 Å². The first kappa shape index (κ1) is 18.4. The van der Waals surface area contributed by atoms with E-state index in [0.29, 0.717) is 5.56 Å². The zero-order valence-corrected chi connectivity index (χ0v) is 14.3. The van der Waals surface area contributed by atoms with Crippen molar-refractivity contribution in [3.8, 4) is 0 Å². The van der Waals surface area contributed by atoms with Crippen LogP contribution in [0.5, 0.6) is 0 Å². The van der Waals surface area contributed by atoms with E-state index in [4.69, 9.17) is 25.8 Å². The number of hydrogen-bond donors (Lipinski definition) is 0. The molecule has 0 N–H and O–H groups in total. The van der Waals surface area contributed by atoms with Crippen LogP contribution in [0.4, 0.5) is 4.39 Å². The number of alkyl halides is 2. The van der Waals surface area contributed by atoms with Gasteiger partial charge in [-0.05, 0) is 24.3 Å². The summed E-state index contributed by atoms with van der Waals surface area (Å²) in [6, 6.07) is 16.5. The molecule has 26 heavy (non-hydrogen) atoms. The monoisotopic (exact) mass is 378 g/mol. The van der Waals surface area contributed by atoms with Crippen LogP contribution < -0.4 is 0 Å². The summed E-state index contributed by atoms with van der Waals surface area (Å²) in [5, 5.41) is 0. The molecule has 7 heteroatoms. The number of rotatable bonds is 5. The van der Waals surface area contributed by atoms with Crippen LogP contribution in [0.1, 0.15) is 20.7 Å². The van der Waals surface area contributed by atoms with Gasteiger partial charge in [0.2, 0.25) is 0 Å². The number of halogens is 2. The van der Waals surface area contributed by atoms with Gasteiger partial charge in [-0.3, -0.25) is 0 Å². The summed E-state index contributed by atoms with van der Waals surface area (Å²) in [5.41, 5.74) is -0.663. The molecule has 0 radical (unpaired) electrons. The van der Waals surface area contributed by atoms with Gasteiger partial charge in [-0.2, -0.15) is 0 Å². The van der Waals surface area contributed by atoms with E-state index in [-0.39, 0.29) is 12.2 Å². The topological polar surface area (TPSA) is 61.8 Å². The SMILES string of the molecule is O=C(OC[C@H]1O[C@H](Cl)C(F)C1OC(=O)c1ccccc1)c1ccccc1. The highest BCUT2D eigenvalue weighted by molar-refractivity contribution is 6.20. The molecule has 2 aromatic rings. The summed E-state index contributed by atoms with van der Waals surface area (Å²) in [5.74, 6) is -1.29. The molecule has 5 nitrogen and oxygen atoms in total. The molecule has 2 unspecified atom stereocenters. The summed E-state index contributed by atoms with van der Waals surface area (Å²) < 4.78 is 29.9. The van der Waals surface area contributed by atoms with Gasteiger partial charge in [-0.15, -0.1) is 0 Å². The molecule has 0 amide bonds. The molecule has 3 rings (SSSR count). The van der Waals surface area contributed by atoms with E-state index < -0.39 is 35.9 Å². The first-order valence-corrected chi connectivity index (χ1v) is 8.41. The number of carbonyl (C=O) groups is 2. The molecule has 136 valence electrons. The third-order valence-corrected chi connectivity index (χ3v) is 4.22. The predicted molar refractivity (Wildman–Crippen MR) is 91.8 cm³/mol. The van der Waals surface area contributed by atoms with E-state index in [1.54, 1.807) is 60.7 Å². The average Bonchev–Trinajstić information content (AvgIpc) is 2.95. The lowest BCUT2D eigenvalue weighted by Crippen LogP contribution is -2.37. The van der Waals surface area contributed by atoms with E-state index in [1.807, 2.05) is 0 Å². The van der Waals surface area contributed by atoms with Gasteiger partial charge in [0, 0.05) is 0 Å². The van der Waals surface area contributed by atoms with E-state index in [9.17, 15) is 14.0 Å². The Morgan fingerprint density at radius 1 is 0.962 bits per heavy atom. The van der Waals surface area contributed by atoms with Crippen molar-refractivity contribution in [2.75, 3.05) is 6.61 Å². The maximum atomic E-state index is 14.3. The standard InChI is InChI=1S/C19H16ClFO5/c20-17-15(21)16(26-19(23)13-9-5-2-6-10-13)14(25-17)11-24-18(22)12-7-3-1-4-8-12/h1-10,14-17H,11H2/t14-,15?,16?,17+/m1/s1. The highest BCUT2D eigenvalue weighted by Crippen LogP contribution is 2.30. The van der Waals surface area contributed by atoms with E-state index in [0.717, 1.165) is 0 Å². The molecule has 0 saturated carbocycles. The van der Waals surface area contributed by atoms with Crippen molar-refractivity contribution in [3.63, 3.8) is 0 Å². The first-order valence-electron chi connectivity index (χ1n) is 7.98. The highest BCUT2D eigenvalue weighted by atomic mass is 35.5. The van der Waals surface area contributed by atoms with Crippen LogP contribution in [0.3, 0.4) is 0 Å². The van der Waals surface area contributed by atoms with Crippen molar-refractivity contribution in [2.24, 2.45) is 0 Å². The second-order valence-corrected chi connectivity index (χ2v) is 6.10. The Balaban J connectivity index is 1.63. The van der Waals surface area contributed by atoms with Crippen molar-refractivity contribution in [2.45, 2.75) is 23.9 Å². The Bertz CT molecular complexity index is 755. The summed E-state index contributed by atoms with van der Waals surface area (Å²) >= 11 is 5.78. The van der Waals surface area contributed by atoms with Gasteiger partial charge in [0.25, 0.3) is 0 Å². The van der Waals surface area contributed by atoms with Crippen LogP contribution in [0.25, 0.3) is 0 Å². The molecule has 0 aliphatic carbocycles. The highest BCUT2D eigenvalue weighted by Gasteiger charge is 2.47. The van der Waals surface area contributed by atoms with Gasteiger partial charge in [-0.25, -0.2) is 14.0 Å². The number of benzene rings is 2. The zero-order valence-electron chi connectivity index (χ0n) is 13.6. The van der Waals surface area contributed by atoms with Crippen molar-refractivity contribution in [1.29, 1.82) is 0 Å². The predicted octanol–water partition coefficient (Wildman–Crippen LogP) is 3.37. The van der Waals surface area contributed by atoms with Gasteiger partial charge in [0.15, 0.2) is 17.8 Å². The fourth-order valence-corrected chi connectivity index (χ4v) is 2.81. The second kappa shape index (κ2) is 8.29. The van der Waals surface area contributed by atoms with E-state index >= 15 is 0 Å². The summed E-state index contributed by atoms with van der Waals surface area (Å²) in [6.45, 7) is -0.288. The molecule has 0 spiro atoms. The molecule has 1 fully saturated rings. The molecule has 1 aliphatic rings. The van der Waals surface area contributed by atoms with Crippen molar-refractivity contribution in [3.05, 3.63) is 71.8 Å². The van der Waals surface area contributed by atoms with E-state index in [1.165, 1.54) is 0 Å². The fourth-order valence-electron chi connectivity index (χ4n) is 2.53. The minimum absolute atomic E-state index is 0.276. The molecular weight excluding hydrogens is 363 g/mol. The normalized spacial score (nSPS) is 24.8. The van der Waals surface area contributed by atoms with Crippen LogP contribution in [0.15, 0.2) is 60.7 Å². The van der Waals surface area contributed by atoms with Gasteiger partial charge >= 0.3 is 11.9 Å². The quantitative estimate of drug-likeness (QED) is 0.589. The molecule has 1 heterocycles. The van der Waals surface area contributed by atoms with Crippen LogP contribution in [0.2, 0.25) is 0 Å². The minimum atomic E-state index is -1.73. The number of esters is 2. The third-order valence-electron chi connectivity index (χ3n) is 3.88. The molecule has 4 atom stereocenters. The van der Waals surface area contributed by atoms with Crippen molar-refractivity contribution in [1.82, 2.24) is 0 Å². The maximum Gasteiger partial charge on any atom is 0.338 e. The van der Waals surface area contributed by atoms with Crippen molar-refractivity contribution >= 4 is 23.5 Å². The molecular formula is C19H16ClFO5. The lowest BCUT2D eigenvalue weighted by Gasteiger charge is -2.19. The Hall–Kier alpha value is -2.44. The van der Waals surface area contributed by atoms with Crippen LogP contribution in [-0.2, 0) is 14.2 Å². The average molecular weight is 379 g/mol. The van der Waals surface area contributed by atoms with Gasteiger partial charge in [0.1, 0.15) is 12.7 Å². The Morgan fingerprint density at radius 3 is 2.08 bits per heavy atom. The maximum absolute atomic E-state index is 14.3. The summed E-state index contributed by atoms with van der Waals surface area (Å²) in [6.07, 6.45) is -3.99. The van der Waals surface area contributed by atoms with Gasteiger partial charge in [-0.1, -0.05) is 48.0 Å². The smallest absolute Gasteiger partial charge is 0.338 e. The van der Waals surface area contributed by atoms with Crippen LogP contribution in [0, 0.1) is 0 Å². The Morgan fingerprint density at radius 2 is 1.50 bits per heavy atom. The van der Waals surface area contributed by atoms with Gasteiger partial charge in [0.05, 0.1) is 11.1 Å². The number of hydrogen-bond acceptors (Lipinski definition) is 5. The Kier molecular flexibility index (Phi) is 5.85. The molecule has 2 aromatic carbocycles. The minimum Gasteiger partial charge on any atom is -0.459 e. The lowest BCUT2D eigenvalue weighted by atomic mass is 10.1. The largest absolute Gasteiger partial charge is 0.459 e. The zero-order chi connectivity index (χ0) is 18.5. The summed E-state index contributed by atoms with van der Waals surface area (Å²) in [7, 11) is 0. The molecule has 1 saturated heterocycles. The van der Waals surface area contributed by atoms with Crippen molar-refractivity contribution < 1.29 is 28.2 Å². The fraction of sp³-hybridized carbons (Fsp3) is 0.263. The molecule has 0 bridgehead atoms. The van der Waals surface area contributed by atoms with Gasteiger partial charge < -0.3 is 14.2 Å². The molecule has 1 aliphatic heterocycles. The molecule has 0 aromatic heterocycles. The number of ether oxygens (including phenoxy) is 3. The van der Waals surface area contributed by atoms with Crippen LogP contribution in [-0.4, -0.2) is 42.5 Å². The van der Waals surface area contributed by atoms with E-state index in [2.05, 4.69) is 0 Å².